The highest BCUT2D eigenvalue weighted by Gasteiger charge is 2.29. The van der Waals surface area contributed by atoms with E-state index in [0.717, 1.165) is 62.2 Å². The number of nitrogens with one attached hydrogen (secondary N) is 6. The number of carbonyl (C=O) groups excluding carboxylic acids is 5. The van der Waals surface area contributed by atoms with Crippen LogP contribution in [0, 0.1) is 192 Å². The molecule has 0 saturated heterocycles. The van der Waals surface area contributed by atoms with Crippen molar-refractivity contribution >= 4 is 29.5 Å². The lowest BCUT2D eigenvalue weighted by Crippen LogP contribution is -2.47. The van der Waals surface area contributed by atoms with E-state index in [2.05, 4.69) is 339 Å². The van der Waals surface area contributed by atoms with Gasteiger partial charge in [-0.1, -0.05) is 217 Å². The molecule has 3 rings (SSSR count). The van der Waals surface area contributed by atoms with E-state index in [9.17, 15) is 24.0 Å². The van der Waals surface area contributed by atoms with Gasteiger partial charge in [0.25, 0.3) is 17.7 Å². The first kappa shape index (κ1) is 146. The maximum Gasteiger partial charge on any atom is 0.306 e. The molecule has 0 aromatic heterocycles. The topological polar surface area (TPSA) is 204 Å². The smallest absolute Gasteiger partial charge is 0.306 e. The van der Waals surface area contributed by atoms with E-state index < -0.39 is 0 Å². The molecule has 3 aromatic rings. The van der Waals surface area contributed by atoms with Gasteiger partial charge in [0.15, 0.2) is 0 Å². The third-order valence-electron chi connectivity index (χ3n) is 20.3. The summed E-state index contributed by atoms with van der Waals surface area (Å²) in [5.74, 6) is 62.7. The first-order valence-corrected chi connectivity index (χ1v) is 48.6. The summed E-state index contributed by atoms with van der Waals surface area (Å²) in [7, 11) is 5.66. The number of rotatable bonds is 32. The summed E-state index contributed by atoms with van der Waals surface area (Å²) in [6, 6.07) is 22.6. The largest absolute Gasteiger partial charge is 0.488 e. The summed E-state index contributed by atoms with van der Waals surface area (Å²) in [5, 5.41) is 18.3. The number of ketones is 1. The van der Waals surface area contributed by atoms with Crippen LogP contribution in [-0.2, 0) is 41.6 Å². The number of ether oxygens (including phenoxy) is 5. The second kappa shape index (κ2) is 74.0. The van der Waals surface area contributed by atoms with Crippen LogP contribution in [0.1, 0.15) is 399 Å². The lowest BCUT2D eigenvalue weighted by molar-refractivity contribution is -0.155. The zero-order valence-electron chi connectivity index (χ0n) is 94.6. The van der Waals surface area contributed by atoms with Crippen molar-refractivity contribution in [2.24, 2.45) is 37.9 Å². The fraction of sp³-hybridized carbons (Fsp3) is 0.611. The second-order valence-electron chi connectivity index (χ2n) is 46.1. The normalized spacial score (nSPS) is 10.7. The maximum atomic E-state index is 12.1. The Hall–Kier alpha value is -11.0. The van der Waals surface area contributed by atoms with Gasteiger partial charge in [0.1, 0.15) is 22.7 Å². The molecule has 0 fully saturated rings. The molecular formula is C126H194N6O10. The van der Waals surface area contributed by atoms with Crippen molar-refractivity contribution in [3.63, 3.8) is 0 Å². The van der Waals surface area contributed by atoms with Crippen LogP contribution in [0.5, 0.6) is 5.75 Å². The number of benzene rings is 3. The van der Waals surface area contributed by atoms with Crippen molar-refractivity contribution in [3.8, 4) is 160 Å². The van der Waals surface area contributed by atoms with Crippen molar-refractivity contribution in [3.05, 3.63) is 101 Å². The number of esters is 1. The van der Waals surface area contributed by atoms with E-state index in [-0.39, 0.29) is 101 Å². The highest BCUT2D eigenvalue weighted by Crippen LogP contribution is 2.36. The van der Waals surface area contributed by atoms with Crippen molar-refractivity contribution < 1.29 is 47.7 Å². The summed E-state index contributed by atoms with van der Waals surface area (Å²) in [4.78, 5) is 59.2. The summed E-state index contributed by atoms with van der Waals surface area (Å²) in [5.41, 5.74) is 5.21. The van der Waals surface area contributed by atoms with E-state index in [4.69, 9.17) is 30.1 Å². The summed E-state index contributed by atoms with van der Waals surface area (Å²) < 4.78 is 27.9. The molecule has 16 nitrogen and oxygen atoms in total. The average molecular weight is 1950 g/mol. The van der Waals surface area contributed by atoms with Crippen LogP contribution in [-0.4, -0.2) is 129 Å². The highest BCUT2D eigenvalue weighted by atomic mass is 16.6. The Balaban J connectivity index is -0.000000244. The van der Waals surface area contributed by atoms with Gasteiger partial charge < -0.3 is 55.6 Å². The molecule has 3 aromatic carbocycles. The highest BCUT2D eigenvalue weighted by molar-refractivity contribution is 5.95. The molecule has 16 heteroatoms. The van der Waals surface area contributed by atoms with Crippen molar-refractivity contribution in [2.45, 2.75) is 409 Å². The molecule has 0 radical (unpaired) electrons. The number of hydrogen-bond donors (Lipinski definition) is 6. The van der Waals surface area contributed by atoms with E-state index in [0.29, 0.717) is 84.3 Å². The van der Waals surface area contributed by atoms with Crippen LogP contribution < -0.4 is 36.6 Å². The molecule has 788 valence electrons. The molecule has 0 atom stereocenters. The Morgan fingerprint density at radius 1 is 0.352 bits per heavy atom. The Bertz CT molecular complexity index is 4950. The monoisotopic (exact) mass is 1950 g/mol. The van der Waals surface area contributed by atoms with Crippen LogP contribution >= 0.6 is 0 Å². The number of likely N-dealkylation sites (N-methyl/N-ethyl adjacent to an activating group) is 3. The average Bonchev–Trinajstić information content (AvgIpc) is 0.845. The SMILES string of the molecule is C.C.C.C#CC#CC#CC#CC#CC#CC#CC#CC#CC#CC#CC#CC#CC.CCC(C)(C)CC(=O)C(C)(C)C.CCC(C)(C)CC(C)(C)C.CCC(C)(C)CCOCCCC(=O)OC(C)(C)C.CCC(C)(C)COC(C)(C)C.CNC(C)(C)CNC(=O)c1ccc(CC(C)(C)C)cc1.CNC(C)(C)CNC(=O)c1ccc(COC(C)(C)C)cc1.CNC(C)(C)CNC(=O)c1ccc(OC(C)(C)C)cc1. The molecule has 0 unspecified atom stereocenters. The number of amides is 3. The first-order chi connectivity index (χ1) is 63.7. The third-order valence-corrected chi connectivity index (χ3v) is 20.3. The Kier molecular flexibility index (Phi) is 76.3. The minimum absolute atomic E-state index is 0. The number of terminal acetylenes is 1. The zero-order valence-corrected chi connectivity index (χ0v) is 94.6. The minimum Gasteiger partial charge on any atom is -0.488 e. The Morgan fingerprint density at radius 3 is 0.937 bits per heavy atom. The molecule has 0 aliphatic heterocycles. The molecule has 0 heterocycles. The van der Waals surface area contributed by atoms with Gasteiger partial charge >= 0.3 is 5.97 Å². The molecule has 142 heavy (non-hydrogen) atoms. The quantitative estimate of drug-likeness (QED) is 0.0196. The summed E-state index contributed by atoms with van der Waals surface area (Å²) in [6.45, 7) is 88.8. The zero-order chi connectivity index (χ0) is 108. The molecule has 0 aliphatic carbocycles. The van der Waals surface area contributed by atoms with Gasteiger partial charge in [0.2, 0.25) is 0 Å². The molecule has 0 saturated carbocycles. The van der Waals surface area contributed by atoms with Gasteiger partial charge in [-0.2, -0.15) is 0 Å². The van der Waals surface area contributed by atoms with Gasteiger partial charge in [-0.3, -0.25) is 24.0 Å². The molecule has 3 amide bonds. The Morgan fingerprint density at radius 2 is 0.669 bits per heavy atom. The maximum absolute atomic E-state index is 12.1. The van der Waals surface area contributed by atoms with Crippen molar-refractivity contribution in [1.29, 1.82) is 0 Å². The lowest BCUT2D eigenvalue weighted by Gasteiger charge is -2.31. The fourth-order valence-electron chi connectivity index (χ4n) is 9.93. The van der Waals surface area contributed by atoms with E-state index >= 15 is 0 Å². The second-order valence-corrected chi connectivity index (χ2v) is 46.1. The predicted octanol–water partition coefficient (Wildman–Crippen LogP) is 25.4. The number of carbonyl (C=O) groups is 5. The molecule has 6 N–H and O–H groups in total. The van der Waals surface area contributed by atoms with Gasteiger partial charge in [-0.25, -0.2) is 0 Å². The predicted molar refractivity (Wildman–Crippen MR) is 607 cm³/mol. The fourth-order valence-corrected chi connectivity index (χ4v) is 9.93. The summed E-state index contributed by atoms with van der Waals surface area (Å²) in [6.07, 6.45) is 14.9. The van der Waals surface area contributed by atoms with Crippen LogP contribution in [0.25, 0.3) is 0 Å². The van der Waals surface area contributed by atoms with E-state index in [1.807, 2.05) is 193 Å². The van der Waals surface area contributed by atoms with E-state index in [1.54, 1.807) is 19.1 Å². The van der Waals surface area contributed by atoms with Gasteiger partial charge in [-0.05, 0) is 372 Å². The van der Waals surface area contributed by atoms with Gasteiger partial charge in [-0.15, -0.1) is 6.42 Å². The summed E-state index contributed by atoms with van der Waals surface area (Å²) >= 11 is 0. The number of Topliss-reactive ketones (excluding diaryl/α,β-unsaturated/α-hetero) is 1. The standard InChI is InChI=1S/C27H4.C17H28N2O2.C17H28N2O.C16H26N2O2.C15H30O3.C11H22O.C10H22O.C10H22.3CH4/c1-3-5-7-9-11-13-15-17-19-21-23-25-27-26-24-22-20-18-16-14-12-10-8-6-4-2;1-16(2,3)21-11-13-7-9-14(10-8-13)15(20)19-12-17(4,5)18-6;1-16(2,3)11-13-7-9-14(10-8-13)15(20)19-12-17(4,5)18-6;1-15(2,3)20-13-9-7-12(8-10-13)14(19)18-11-16(4,5)17-6;1-7-15(5,6)10-12-17-11-8-9-13(16)18-14(2,3)4;1-7-11(5,6)8-9(12)10(2,3)4;1-7-10(5,6)8-11-9(2,3)4;1-7-10(5,6)8-9(2,3)4;;;/h1H,2H3;7-10,18H,11-12H2,1-6H3,(H,19,20);7-10,18H,11-12H2,1-6H3,(H,19,20);7-10,17H,11H2,1-6H3,(H,18,19);7-12H2,1-6H3;7-8H2,1-6H3;7-8H2,1-6H3;7-8H2,1-6H3;3*1H4. The third kappa shape index (κ3) is 95.2. The van der Waals surface area contributed by atoms with Crippen LogP contribution in [0.15, 0.2) is 72.8 Å². The number of hydrogen-bond acceptors (Lipinski definition) is 13. The Labute approximate surface area is 872 Å². The molecule has 0 aliphatic rings. The lowest BCUT2D eigenvalue weighted by atomic mass is 9.75. The van der Waals surface area contributed by atoms with Crippen LogP contribution in [0.3, 0.4) is 0 Å². The molecule has 0 spiro atoms. The first-order valence-electron chi connectivity index (χ1n) is 48.6. The van der Waals surface area contributed by atoms with Gasteiger partial charge in [0.05, 0.1) is 24.4 Å². The van der Waals surface area contributed by atoms with Crippen molar-refractivity contribution in [1.82, 2.24) is 31.9 Å². The van der Waals surface area contributed by atoms with Gasteiger partial charge in [0, 0.05) is 132 Å². The molecule has 0 bridgehead atoms. The van der Waals surface area contributed by atoms with Crippen molar-refractivity contribution in [2.75, 3.05) is 60.6 Å². The molecular weight excluding hydrogens is 1760 g/mol. The van der Waals surface area contributed by atoms with Crippen LogP contribution in [0.4, 0.5) is 0 Å². The van der Waals surface area contributed by atoms with E-state index in [1.165, 1.54) is 24.8 Å². The van der Waals surface area contributed by atoms with Crippen LogP contribution in [0.2, 0.25) is 0 Å². The minimum atomic E-state index is -0.386.